The van der Waals surface area contributed by atoms with Gasteiger partial charge in [-0.2, -0.15) is 0 Å². The van der Waals surface area contributed by atoms with Gasteiger partial charge in [-0.05, 0) is 52.4 Å². The summed E-state index contributed by atoms with van der Waals surface area (Å²) >= 11 is 0. The molecule has 0 unspecified atom stereocenters. The van der Waals surface area contributed by atoms with E-state index in [9.17, 15) is 9.59 Å². The summed E-state index contributed by atoms with van der Waals surface area (Å²) in [6.45, 7) is 10.5. The van der Waals surface area contributed by atoms with Gasteiger partial charge in [-0.25, -0.2) is 0 Å². The first-order valence-corrected chi connectivity index (χ1v) is 9.14. The van der Waals surface area contributed by atoms with Crippen molar-refractivity contribution >= 4 is 11.8 Å². The SMILES string of the molecule is CCN(CC(=O)N[C@@H](C)c1cc(OC)ccc1OC)CC(=O)NC(C)(C)C. The van der Waals surface area contributed by atoms with Crippen LogP contribution in [0.15, 0.2) is 18.2 Å². The number of carbonyl (C=O) groups excluding carboxylic acids is 2. The summed E-state index contributed by atoms with van der Waals surface area (Å²) in [5.41, 5.74) is 0.537. The maximum absolute atomic E-state index is 12.5. The Morgan fingerprint density at radius 3 is 2.26 bits per heavy atom. The van der Waals surface area contributed by atoms with Crippen molar-refractivity contribution in [1.82, 2.24) is 15.5 Å². The maximum atomic E-state index is 12.5. The van der Waals surface area contributed by atoms with Crippen LogP contribution in [-0.2, 0) is 9.59 Å². The van der Waals surface area contributed by atoms with Crippen LogP contribution in [-0.4, -0.2) is 56.1 Å². The molecule has 27 heavy (non-hydrogen) atoms. The first-order chi connectivity index (χ1) is 12.6. The second-order valence-corrected chi connectivity index (χ2v) is 7.50. The second kappa shape index (κ2) is 10.2. The van der Waals surface area contributed by atoms with Crippen molar-refractivity contribution in [2.24, 2.45) is 0 Å². The Kier molecular flexibility index (Phi) is 8.56. The van der Waals surface area contributed by atoms with Gasteiger partial charge in [0.25, 0.3) is 0 Å². The van der Waals surface area contributed by atoms with Crippen LogP contribution in [0.3, 0.4) is 0 Å². The van der Waals surface area contributed by atoms with Crippen molar-refractivity contribution in [3.63, 3.8) is 0 Å². The minimum absolute atomic E-state index is 0.0975. The van der Waals surface area contributed by atoms with Crippen molar-refractivity contribution in [2.45, 2.75) is 46.2 Å². The molecule has 0 aliphatic heterocycles. The lowest BCUT2D eigenvalue weighted by Gasteiger charge is -2.25. The number of ether oxygens (including phenoxy) is 2. The van der Waals surface area contributed by atoms with Crippen molar-refractivity contribution in [3.8, 4) is 11.5 Å². The molecule has 0 bridgehead atoms. The van der Waals surface area contributed by atoms with Crippen molar-refractivity contribution in [1.29, 1.82) is 0 Å². The third-order valence-corrected chi connectivity index (χ3v) is 3.98. The maximum Gasteiger partial charge on any atom is 0.234 e. The Balaban J connectivity index is 2.70. The van der Waals surface area contributed by atoms with Crippen LogP contribution in [0.2, 0.25) is 0 Å². The van der Waals surface area contributed by atoms with Gasteiger partial charge in [0.2, 0.25) is 11.8 Å². The number of nitrogens with one attached hydrogen (secondary N) is 2. The van der Waals surface area contributed by atoms with Gasteiger partial charge in [0.05, 0.1) is 33.4 Å². The molecule has 0 spiro atoms. The average Bonchev–Trinajstić information content (AvgIpc) is 2.58. The van der Waals surface area contributed by atoms with Crippen LogP contribution in [0.5, 0.6) is 11.5 Å². The first-order valence-electron chi connectivity index (χ1n) is 9.14. The fraction of sp³-hybridized carbons (Fsp3) is 0.600. The molecule has 1 aromatic carbocycles. The van der Waals surface area contributed by atoms with E-state index in [1.54, 1.807) is 19.1 Å². The highest BCUT2D eigenvalue weighted by molar-refractivity contribution is 5.81. The zero-order valence-electron chi connectivity index (χ0n) is 17.5. The van der Waals surface area contributed by atoms with E-state index in [1.807, 2.05) is 52.8 Å². The first kappa shape index (κ1) is 22.8. The van der Waals surface area contributed by atoms with Crippen molar-refractivity contribution < 1.29 is 19.1 Å². The van der Waals surface area contributed by atoms with Gasteiger partial charge in [-0.1, -0.05) is 6.92 Å². The molecule has 0 radical (unpaired) electrons. The average molecular weight is 380 g/mol. The monoisotopic (exact) mass is 379 g/mol. The third-order valence-electron chi connectivity index (χ3n) is 3.98. The van der Waals surface area contributed by atoms with E-state index in [-0.39, 0.29) is 36.5 Å². The summed E-state index contributed by atoms with van der Waals surface area (Å²) in [6.07, 6.45) is 0. The minimum Gasteiger partial charge on any atom is -0.497 e. The van der Waals surface area contributed by atoms with E-state index in [0.717, 1.165) is 5.56 Å². The third kappa shape index (κ3) is 7.86. The number of benzene rings is 1. The fourth-order valence-electron chi connectivity index (χ4n) is 2.69. The molecule has 2 N–H and O–H groups in total. The Hall–Kier alpha value is -2.28. The van der Waals surface area contributed by atoms with Gasteiger partial charge in [0, 0.05) is 11.1 Å². The molecule has 0 heterocycles. The van der Waals surface area contributed by atoms with E-state index in [0.29, 0.717) is 18.0 Å². The van der Waals surface area contributed by atoms with E-state index >= 15 is 0 Å². The molecule has 0 saturated carbocycles. The largest absolute Gasteiger partial charge is 0.497 e. The number of likely N-dealkylation sites (N-methyl/N-ethyl adjacent to an activating group) is 1. The lowest BCUT2D eigenvalue weighted by atomic mass is 10.1. The summed E-state index contributed by atoms with van der Waals surface area (Å²) in [6, 6.07) is 5.21. The standard InChI is InChI=1S/C20H33N3O4/c1-8-23(13-19(25)22-20(3,4)5)12-18(24)21-14(2)16-11-15(26-6)9-10-17(16)27-7/h9-11,14H,8,12-13H2,1-7H3,(H,21,24)(H,22,25)/t14-/m0/s1. The highest BCUT2D eigenvalue weighted by Gasteiger charge is 2.20. The van der Waals surface area contributed by atoms with Gasteiger partial charge in [-0.15, -0.1) is 0 Å². The molecule has 2 amide bonds. The van der Waals surface area contributed by atoms with E-state index in [1.165, 1.54) is 0 Å². The lowest BCUT2D eigenvalue weighted by Crippen LogP contribution is -2.48. The normalized spacial score (nSPS) is 12.4. The van der Waals surface area contributed by atoms with Crippen LogP contribution in [0, 0.1) is 0 Å². The molecule has 0 fully saturated rings. The van der Waals surface area contributed by atoms with Crippen LogP contribution in [0.25, 0.3) is 0 Å². The van der Waals surface area contributed by atoms with Gasteiger partial charge in [0.15, 0.2) is 0 Å². The number of hydrogen-bond acceptors (Lipinski definition) is 5. The lowest BCUT2D eigenvalue weighted by molar-refractivity contribution is -0.126. The summed E-state index contributed by atoms with van der Waals surface area (Å²) < 4.78 is 10.6. The number of rotatable bonds is 9. The zero-order chi connectivity index (χ0) is 20.6. The summed E-state index contributed by atoms with van der Waals surface area (Å²) in [5.74, 6) is 1.12. The number of nitrogens with zero attached hydrogens (tertiary/aromatic N) is 1. The molecule has 0 aliphatic rings. The Morgan fingerprint density at radius 2 is 1.74 bits per heavy atom. The molecule has 1 rings (SSSR count). The molecule has 0 aromatic heterocycles. The summed E-state index contributed by atoms with van der Waals surface area (Å²) in [7, 11) is 3.18. The topological polar surface area (TPSA) is 79.9 Å². The van der Waals surface area contributed by atoms with Gasteiger partial charge in [0.1, 0.15) is 11.5 Å². The van der Waals surface area contributed by atoms with Crippen LogP contribution in [0.1, 0.15) is 46.2 Å². The Bertz CT molecular complexity index is 641. The highest BCUT2D eigenvalue weighted by atomic mass is 16.5. The Labute approximate surface area is 162 Å². The van der Waals surface area contributed by atoms with Crippen molar-refractivity contribution in [2.75, 3.05) is 33.9 Å². The Morgan fingerprint density at radius 1 is 1.11 bits per heavy atom. The highest BCUT2D eigenvalue weighted by Crippen LogP contribution is 2.29. The summed E-state index contributed by atoms with van der Waals surface area (Å²) in [4.78, 5) is 26.4. The van der Waals surface area contributed by atoms with Gasteiger partial charge >= 0.3 is 0 Å². The van der Waals surface area contributed by atoms with Gasteiger partial charge < -0.3 is 20.1 Å². The van der Waals surface area contributed by atoms with Crippen LogP contribution in [0.4, 0.5) is 0 Å². The number of methoxy groups -OCH3 is 2. The predicted molar refractivity (Wildman–Crippen MR) is 106 cm³/mol. The number of amides is 2. The fourth-order valence-corrected chi connectivity index (χ4v) is 2.69. The quantitative estimate of drug-likeness (QED) is 0.687. The zero-order valence-corrected chi connectivity index (χ0v) is 17.5. The molecule has 152 valence electrons. The van der Waals surface area contributed by atoms with E-state index < -0.39 is 0 Å². The van der Waals surface area contributed by atoms with Crippen molar-refractivity contribution in [3.05, 3.63) is 23.8 Å². The smallest absolute Gasteiger partial charge is 0.234 e. The van der Waals surface area contributed by atoms with E-state index in [4.69, 9.17) is 9.47 Å². The molecule has 0 saturated heterocycles. The van der Waals surface area contributed by atoms with E-state index in [2.05, 4.69) is 10.6 Å². The van der Waals surface area contributed by atoms with Crippen LogP contribution >= 0.6 is 0 Å². The molecular weight excluding hydrogens is 346 g/mol. The molecule has 1 atom stereocenters. The van der Waals surface area contributed by atoms with Gasteiger partial charge in [-0.3, -0.25) is 14.5 Å². The molecule has 7 heteroatoms. The molecule has 7 nitrogen and oxygen atoms in total. The molecular formula is C20H33N3O4. The minimum atomic E-state index is -0.295. The number of hydrogen-bond donors (Lipinski definition) is 2. The second-order valence-electron chi connectivity index (χ2n) is 7.50. The molecule has 0 aliphatic carbocycles. The summed E-state index contributed by atoms with van der Waals surface area (Å²) in [5, 5.41) is 5.87. The molecule has 1 aromatic rings. The predicted octanol–water partition coefficient (Wildman–Crippen LogP) is 2.12. The number of carbonyl (C=O) groups is 2. The van der Waals surface area contributed by atoms with Crippen LogP contribution < -0.4 is 20.1 Å².